The fraction of sp³-hybridized carbons (Fsp3) is 0.364. The summed E-state index contributed by atoms with van der Waals surface area (Å²) in [5.74, 6) is -4.17. The van der Waals surface area contributed by atoms with Crippen molar-refractivity contribution in [1.82, 2.24) is 0 Å². The van der Waals surface area contributed by atoms with Gasteiger partial charge in [-0.05, 0) is 6.07 Å². The van der Waals surface area contributed by atoms with Gasteiger partial charge in [-0.15, -0.1) is 0 Å². The summed E-state index contributed by atoms with van der Waals surface area (Å²) in [5, 5.41) is 13.0. The molecule has 0 saturated heterocycles. The van der Waals surface area contributed by atoms with Crippen LogP contribution in [-0.4, -0.2) is 16.8 Å². The van der Waals surface area contributed by atoms with Crippen LogP contribution in [0.3, 0.4) is 0 Å². The van der Waals surface area contributed by atoms with Crippen LogP contribution >= 0.6 is 0 Å². The van der Waals surface area contributed by atoms with Crippen LogP contribution in [0, 0.1) is 16.0 Å². The highest BCUT2D eigenvalue weighted by Crippen LogP contribution is 2.43. The van der Waals surface area contributed by atoms with E-state index in [1.54, 1.807) is 0 Å². The molecule has 5 nitrogen and oxygen atoms in total. The molecule has 1 fully saturated rings. The zero-order valence-corrected chi connectivity index (χ0v) is 9.23. The minimum Gasteiger partial charge on any atom is -0.320 e. The van der Waals surface area contributed by atoms with Crippen LogP contribution in [0.4, 0.5) is 20.2 Å². The third kappa shape index (κ3) is 2.44. The Balaban J connectivity index is 2.06. The molecule has 0 radical (unpaired) electrons. The second kappa shape index (κ2) is 4.32. The van der Waals surface area contributed by atoms with Gasteiger partial charge in [0, 0.05) is 24.8 Å². The molecule has 1 aliphatic rings. The standard InChI is InChI=1S/C11H10F2N2O3/c12-11(13)5-7(6-11)10(16)14-8-3-1-2-4-9(8)15(17)18/h1-4,7H,5-6H2,(H,14,16). The maximum Gasteiger partial charge on any atom is 0.292 e. The largest absolute Gasteiger partial charge is 0.320 e. The van der Waals surface area contributed by atoms with Crippen molar-refractivity contribution in [3.63, 3.8) is 0 Å². The molecule has 1 amide bonds. The number of nitro groups is 1. The normalized spacial score (nSPS) is 17.9. The Bertz CT molecular complexity index is 497. The smallest absolute Gasteiger partial charge is 0.292 e. The number of nitro benzene ring substituents is 1. The molecule has 0 bridgehead atoms. The van der Waals surface area contributed by atoms with Crippen molar-refractivity contribution in [2.75, 3.05) is 5.32 Å². The van der Waals surface area contributed by atoms with Crippen LogP contribution in [0.1, 0.15) is 12.8 Å². The number of carbonyl (C=O) groups is 1. The highest BCUT2D eigenvalue weighted by Gasteiger charge is 2.48. The van der Waals surface area contributed by atoms with Crippen molar-refractivity contribution in [3.8, 4) is 0 Å². The van der Waals surface area contributed by atoms with Crippen LogP contribution in [-0.2, 0) is 4.79 Å². The van der Waals surface area contributed by atoms with E-state index in [9.17, 15) is 23.7 Å². The van der Waals surface area contributed by atoms with Crippen molar-refractivity contribution in [2.24, 2.45) is 5.92 Å². The summed E-state index contributed by atoms with van der Waals surface area (Å²) < 4.78 is 25.2. The molecule has 2 rings (SSSR count). The maximum absolute atomic E-state index is 12.6. The molecule has 1 aliphatic carbocycles. The fourth-order valence-electron chi connectivity index (χ4n) is 1.82. The van der Waals surface area contributed by atoms with Gasteiger partial charge in [-0.3, -0.25) is 14.9 Å². The Kier molecular flexibility index (Phi) is 2.98. The Hall–Kier alpha value is -2.05. The van der Waals surface area contributed by atoms with E-state index < -0.39 is 35.5 Å². The number of hydrogen-bond acceptors (Lipinski definition) is 3. The number of amides is 1. The molecule has 96 valence electrons. The van der Waals surface area contributed by atoms with Gasteiger partial charge in [0.1, 0.15) is 5.69 Å². The molecule has 0 unspecified atom stereocenters. The topological polar surface area (TPSA) is 72.2 Å². The molecule has 0 atom stereocenters. The highest BCUT2D eigenvalue weighted by atomic mass is 19.3. The SMILES string of the molecule is O=C(Nc1ccccc1[N+](=O)[O-])C1CC(F)(F)C1. The Morgan fingerprint density at radius 3 is 2.56 bits per heavy atom. The number of alkyl halides is 2. The molecule has 18 heavy (non-hydrogen) atoms. The van der Waals surface area contributed by atoms with Crippen molar-refractivity contribution in [3.05, 3.63) is 34.4 Å². The summed E-state index contributed by atoms with van der Waals surface area (Å²) in [6.07, 6.45) is -1.00. The zero-order chi connectivity index (χ0) is 13.3. The summed E-state index contributed by atoms with van der Waals surface area (Å²) >= 11 is 0. The number of benzene rings is 1. The summed E-state index contributed by atoms with van der Waals surface area (Å²) in [4.78, 5) is 21.7. The van der Waals surface area contributed by atoms with E-state index in [1.165, 1.54) is 24.3 Å². The second-order valence-electron chi connectivity index (χ2n) is 4.22. The number of nitrogens with zero attached hydrogens (tertiary/aromatic N) is 1. The number of hydrogen-bond donors (Lipinski definition) is 1. The minimum atomic E-state index is -2.79. The molecule has 0 aliphatic heterocycles. The summed E-state index contributed by atoms with van der Waals surface area (Å²) in [6, 6.07) is 5.60. The van der Waals surface area contributed by atoms with Crippen LogP contribution < -0.4 is 5.32 Å². The van der Waals surface area contributed by atoms with Gasteiger partial charge < -0.3 is 5.32 Å². The lowest BCUT2D eigenvalue weighted by Gasteiger charge is -2.33. The van der Waals surface area contributed by atoms with Gasteiger partial charge in [-0.25, -0.2) is 8.78 Å². The van der Waals surface area contributed by atoms with Gasteiger partial charge in [0.05, 0.1) is 4.92 Å². The number of carbonyl (C=O) groups excluding carboxylic acids is 1. The van der Waals surface area contributed by atoms with Gasteiger partial charge in [0.2, 0.25) is 11.8 Å². The van der Waals surface area contributed by atoms with Crippen LogP contribution in [0.15, 0.2) is 24.3 Å². The van der Waals surface area contributed by atoms with Crippen molar-refractivity contribution < 1.29 is 18.5 Å². The predicted octanol–water partition coefficient (Wildman–Crippen LogP) is 2.58. The first-order valence-corrected chi connectivity index (χ1v) is 5.31. The first kappa shape index (κ1) is 12.4. The van der Waals surface area contributed by atoms with Crippen LogP contribution in [0.2, 0.25) is 0 Å². The highest BCUT2D eigenvalue weighted by molar-refractivity contribution is 5.95. The monoisotopic (exact) mass is 256 g/mol. The number of para-hydroxylation sites is 2. The number of anilines is 1. The lowest BCUT2D eigenvalue weighted by molar-refractivity contribution is -0.383. The summed E-state index contributed by atoms with van der Waals surface area (Å²) in [5.41, 5.74) is -0.223. The van der Waals surface area contributed by atoms with E-state index in [4.69, 9.17) is 0 Å². The number of rotatable bonds is 3. The Morgan fingerprint density at radius 1 is 1.39 bits per heavy atom. The van der Waals surface area contributed by atoms with E-state index in [2.05, 4.69) is 5.32 Å². The van der Waals surface area contributed by atoms with Gasteiger partial charge in [-0.1, -0.05) is 12.1 Å². The summed E-state index contributed by atoms with van der Waals surface area (Å²) in [6.45, 7) is 0. The Morgan fingerprint density at radius 2 is 2.00 bits per heavy atom. The third-order valence-corrected chi connectivity index (χ3v) is 2.82. The molecule has 0 spiro atoms. The fourth-order valence-corrected chi connectivity index (χ4v) is 1.82. The van der Waals surface area contributed by atoms with Gasteiger partial charge in [-0.2, -0.15) is 0 Å². The molecule has 7 heteroatoms. The molecule has 0 aromatic heterocycles. The number of halogens is 2. The van der Waals surface area contributed by atoms with E-state index in [-0.39, 0.29) is 11.4 Å². The average Bonchev–Trinajstić information content (AvgIpc) is 2.26. The molecule has 1 aromatic carbocycles. The van der Waals surface area contributed by atoms with Crippen LogP contribution in [0.5, 0.6) is 0 Å². The molecular weight excluding hydrogens is 246 g/mol. The molecule has 0 heterocycles. The quantitative estimate of drug-likeness (QED) is 0.667. The van der Waals surface area contributed by atoms with E-state index in [0.29, 0.717) is 0 Å². The maximum atomic E-state index is 12.6. The Labute approximate surface area is 101 Å². The molecule has 1 aromatic rings. The average molecular weight is 256 g/mol. The second-order valence-corrected chi connectivity index (χ2v) is 4.22. The van der Waals surface area contributed by atoms with E-state index in [1.807, 2.05) is 0 Å². The van der Waals surface area contributed by atoms with E-state index in [0.717, 1.165) is 0 Å². The minimum absolute atomic E-state index is 0.0303. The van der Waals surface area contributed by atoms with Gasteiger partial charge in [0.25, 0.3) is 5.69 Å². The first-order chi connectivity index (χ1) is 8.39. The lowest BCUT2D eigenvalue weighted by atomic mass is 9.81. The summed E-state index contributed by atoms with van der Waals surface area (Å²) in [7, 11) is 0. The first-order valence-electron chi connectivity index (χ1n) is 5.31. The van der Waals surface area contributed by atoms with Crippen molar-refractivity contribution in [1.29, 1.82) is 0 Å². The third-order valence-electron chi connectivity index (χ3n) is 2.82. The van der Waals surface area contributed by atoms with Crippen molar-refractivity contribution in [2.45, 2.75) is 18.8 Å². The van der Waals surface area contributed by atoms with Gasteiger partial charge >= 0.3 is 0 Å². The molecular formula is C11H10F2N2O3. The molecule has 1 saturated carbocycles. The van der Waals surface area contributed by atoms with Gasteiger partial charge in [0.15, 0.2) is 0 Å². The van der Waals surface area contributed by atoms with Crippen LogP contribution in [0.25, 0.3) is 0 Å². The predicted molar refractivity (Wildman–Crippen MR) is 59.4 cm³/mol. The van der Waals surface area contributed by atoms with Crippen molar-refractivity contribution >= 4 is 17.3 Å². The number of nitrogens with one attached hydrogen (secondary N) is 1. The zero-order valence-electron chi connectivity index (χ0n) is 9.23. The van der Waals surface area contributed by atoms with E-state index >= 15 is 0 Å². The molecule has 1 N–H and O–H groups in total. The lowest BCUT2D eigenvalue weighted by Crippen LogP contribution is -2.42.